The second-order valence-corrected chi connectivity index (χ2v) is 6.85. The van der Waals surface area contributed by atoms with Gasteiger partial charge in [0.2, 0.25) is 6.29 Å². The molecule has 1 aliphatic carbocycles. The number of rotatable bonds is 5. The molecule has 1 aromatic heterocycles. The summed E-state index contributed by atoms with van der Waals surface area (Å²) in [6.45, 7) is 1.72. The average Bonchev–Trinajstić information content (AvgIpc) is 3.07. The summed E-state index contributed by atoms with van der Waals surface area (Å²) < 4.78 is 16.3. The number of anilines is 1. The Kier molecular flexibility index (Phi) is 3.80. The maximum absolute atomic E-state index is 5.59. The molecule has 5 rings (SSSR count). The second-order valence-electron chi connectivity index (χ2n) is 6.85. The van der Waals surface area contributed by atoms with E-state index < -0.39 is 6.29 Å². The molecule has 1 unspecified atom stereocenters. The molecule has 6 nitrogen and oxygen atoms in total. The van der Waals surface area contributed by atoms with Crippen LogP contribution in [0, 0.1) is 0 Å². The van der Waals surface area contributed by atoms with E-state index in [0.717, 1.165) is 44.0 Å². The first-order valence-corrected chi connectivity index (χ1v) is 8.32. The Balaban J connectivity index is 1.66. The van der Waals surface area contributed by atoms with E-state index >= 15 is 0 Å². The fourth-order valence-electron chi connectivity index (χ4n) is 4.35. The van der Waals surface area contributed by atoms with Crippen LogP contribution in [-0.2, 0) is 19.7 Å². The molecule has 2 bridgehead atoms. The molecular weight excluding hydrogens is 294 g/mol. The maximum atomic E-state index is 5.59. The van der Waals surface area contributed by atoms with Crippen molar-refractivity contribution in [3.05, 3.63) is 23.4 Å². The van der Waals surface area contributed by atoms with E-state index in [0.29, 0.717) is 12.1 Å². The monoisotopic (exact) mass is 319 g/mol. The van der Waals surface area contributed by atoms with Crippen molar-refractivity contribution in [3.63, 3.8) is 0 Å². The number of nitrogens with zero attached hydrogens (tertiary/aromatic N) is 2. The number of likely N-dealkylation sites (N-methyl/N-ethyl adjacent to an activating group) is 1. The Bertz CT molecular complexity index is 578. The van der Waals surface area contributed by atoms with Crippen molar-refractivity contribution >= 4 is 5.82 Å². The standard InChI is InChI=1S/C17H25N3O3/c1-20(12-6-7-23-10-12)17-8-11(9-17)18-15-13(17)4-5-14(19-15)16(21-2)22-3/h4-5,11-12,16H,6-10H2,1-3H3,(H,18,19). The van der Waals surface area contributed by atoms with Crippen molar-refractivity contribution in [1.82, 2.24) is 9.88 Å². The van der Waals surface area contributed by atoms with E-state index in [1.54, 1.807) is 14.2 Å². The van der Waals surface area contributed by atoms with Crippen LogP contribution in [0.1, 0.15) is 36.8 Å². The van der Waals surface area contributed by atoms with Gasteiger partial charge < -0.3 is 19.5 Å². The summed E-state index contributed by atoms with van der Waals surface area (Å²) in [5, 5.41) is 3.56. The predicted octanol–water partition coefficient (Wildman–Crippen LogP) is 1.88. The Hall–Kier alpha value is -1.21. The number of hydrogen-bond donors (Lipinski definition) is 1. The smallest absolute Gasteiger partial charge is 0.200 e. The number of nitrogens with one attached hydrogen (secondary N) is 1. The molecule has 1 atom stereocenters. The summed E-state index contributed by atoms with van der Waals surface area (Å²) >= 11 is 0. The minimum atomic E-state index is -0.419. The largest absolute Gasteiger partial charge is 0.380 e. The number of methoxy groups -OCH3 is 2. The molecule has 23 heavy (non-hydrogen) atoms. The summed E-state index contributed by atoms with van der Waals surface area (Å²) in [5.74, 6) is 0.981. The molecule has 0 amide bonds. The Morgan fingerprint density at radius 2 is 2.13 bits per heavy atom. The van der Waals surface area contributed by atoms with Crippen LogP contribution in [0.5, 0.6) is 0 Å². The fourth-order valence-corrected chi connectivity index (χ4v) is 4.35. The lowest BCUT2D eigenvalue weighted by molar-refractivity contribution is -0.108. The highest BCUT2D eigenvalue weighted by Gasteiger charge is 2.55. The molecule has 0 radical (unpaired) electrons. The first kappa shape index (κ1) is 15.3. The average molecular weight is 319 g/mol. The fraction of sp³-hybridized carbons (Fsp3) is 0.706. The lowest BCUT2D eigenvalue weighted by Gasteiger charge is -2.59. The lowest BCUT2D eigenvalue weighted by Crippen LogP contribution is -2.63. The number of pyridine rings is 1. The number of aromatic nitrogens is 1. The van der Waals surface area contributed by atoms with Crippen LogP contribution in [-0.4, -0.2) is 56.4 Å². The molecule has 2 fully saturated rings. The van der Waals surface area contributed by atoms with Crippen LogP contribution >= 0.6 is 0 Å². The van der Waals surface area contributed by atoms with Crippen molar-refractivity contribution < 1.29 is 14.2 Å². The Labute approximate surface area is 137 Å². The maximum Gasteiger partial charge on any atom is 0.200 e. The summed E-state index contributed by atoms with van der Waals surface area (Å²) in [6, 6.07) is 5.24. The molecule has 1 N–H and O–H groups in total. The van der Waals surface area contributed by atoms with Gasteiger partial charge in [-0.05, 0) is 32.4 Å². The highest BCUT2D eigenvalue weighted by Crippen LogP contribution is 2.54. The topological polar surface area (TPSA) is 55.9 Å². The molecule has 6 heteroatoms. The third-order valence-electron chi connectivity index (χ3n) is 5.73. The van der Waals surface area contributed by atoms with Gasteiger partial charge in [0.15, 0.2) is 0 Å². The molecule has 1 aromatic rings. The predicted molar refractivity (Wildman–Crippen MR) is 86.3 cm³/mol. The molecule has 3 aliphatic heterocycles. The SMILES string of the molecule is COC(OC)c1ccc2c(n1)NC1CC2(N(C)C2CCOC2)C1. The van der Waals surface area contributed by atoms with Gasteiger partial charge >= 0.3 is 0 Å². The zero-order valence-electron chi connectivity index (χ0n) is 14.0. The van der Waals surface area contributed by atoms with Crippen molar-refractivity contribution in [2.75, 3.05) is 39.8 Å². The van der Waals surface area contributed by atoms with E-state index in [1.165, 1.54) is 5.56 Å². The van der Waals surface area contributed by atoms with Crippen molar-refractivity contribution in [1.29, 1.82) is 0 Å². The van der Waals surface area contributed by atoms with Gasteiger partial charge in [-0.25, -0.2) is 4.98 Å². The van der Waals surface area contributed by atoms with E-state index in [-0.39, 0.29) is 5.54 Å². The van der Waals surface area contributed by atoms with E-state index in [2.05, 4.69) is 23.3 Å². The van der Waals surface area contributed by atoms with E-state index in [1.807, 2.05) is 6.07 Å². The summed E-state index contributed by atoms with van der Waals surface area (Å²) in [6.07, 6.45) is 2.99. The number of hydrogen-bond acceptors (Lipinski definition) is 6. The zero-order chi connectivity index (χ0) is 16.0. The molecule has 1 saturated heterocycles. The number of ether oxygens (including phenoxy) is 3. The van der Waals surface area contributed by atoms with E-state index in [4.69, 9.17) is 19.2 Å². The van der Waals surface area contributed by atoms with Crippen LogP contribution in [0.4, 0.5) is 5.82 Å². The minimum absolute atomic E-state index is 0.102. The van der Waals surface area contributed by atoms with Gasteiger partial charge in [0.05, 0.1) is 17.8 Å². The molecular formula is C17H25N3O3. The lowest BCUT2D eigenvalue weighted by atomic mass is 9.64. The van der Waals surface area contributed by atoms with Gasteiger partial charge in [-0.15, -0.1) is 0 Å². The van der Waals surface area contributed by atoms with Crippen LogP contribution < -0.4 is 5.32 Å². The second kappa shape index (κ2) is 5.70. The van der Waals surface area contributed by atoms with Crippen LogP contribution in [0.3, 0.4) is 0 Å². The quantitative estimate of drug-likeness (QED) is 0.836. The Morgan fingerprint density at radius 1 is 1.35 bits per heavy atom. The third kappa shape index (κ3) is 2.28. The molecule has 0 aromatic carbocycles. The minimum Gasteiger partial charge on any atom is -0.380 e. The van der Waals surface area contributed by atoms with Crippen LogP contribution in [0.25, 0.3) is 0 Å². The molecule has 1 saturated carbocycles. The van der Waals surface area contributed by atoms with Crippen LogP contribution in [0.15, 0.2) is 12.1 Å². The van der Waals surface area contributed by atoms with Gasteiger partial charge in [-0.2, -0.15) is 0 Å². The molecule has 126 valence electrons. The Morgan fingerprint density at radius 3 is 2.78 bits per heavy atom. The summed E-state index contributed by atoms with van der Waals surface area (Å²) in [5.41, 5.74) is 2.21. The summed E-state index contributed by atoms with van der Waals surface area (Å²) in [7, 11) is 5.51. The van der Waals surface area contributed by atoms with Crippen LogP contribution in [0.2, 0.25) is 0 Å². The molecule has 4 aliphatic rings. The van der Waals surface area contributed by atoms with Crippen molar-refractivity contribution in [2.45, 2.75) is 43.2 Å². The molecule has 4 heterocycles. The van der Waals surface area contributed by atoms with Gasteiger partial charge in [-0.3, -0.25) is 4.90 Å². The highest BCUT2D eigenvalue weighted by molar-refractivity contribution is 5.57. The van der Waals surface area contributed by atoms with Gasteiger partial charge in [-0.1, -0.05) is 6.07 Å². The zero-order valence-corrected chi connectivity index (χ0v) is 14.0. The summed E-state index contributed by atoms with van der Waals surface area (Å²) in [4.78, 5) is 7.30. The van der Waals surface area contributed by atoms with E-state index in [9.17, 15) is 0 Å². The molecule has 0 spiro atoms. The highest BCUT2D eigenvalue weighted by atomic mass is 16.7. The van der Waals surface area contributed by atoms with Crippen molar-refractivity contribution in [3.8, 4) is 0 Å². The first-order chi connectivity index (χ1) is 11.2. The van der Waals surface area contributed by atoms with Gasteiger partial charge in [0, 0.05) is 38.5 Å². The van der Waals surface area contributed by atoms with Gasteiger partial charge in [0.1, 0.15) is 5.82 Å². The van der Waals surface area contributed by atoms with Crippen molar-refractivity contribution in [2.24, 2.45) is 0 Å². The normalized spacial score (nSPS) is 31.9. The van der Waals surface area contributed by atoms with Gasteiger partial charge in [0.25, 0.3) is 0 Å². The third-order valence-corrected chi connectivity index (χ3v) is 5.73. The first-order valence-electron chi connectivity index (χ1n) is 8.32.